The highest BCUT2D eigenvalue weighted by Gasteiger charge is 2.10. The molecule has 2 N–H and O–H groups in total. The lowest BCUT2D eigenvalue weighted by atomic mass is 10.1. The zero-order valence-corrected chi connectivity index (χ0v) is 11.8. The predicted molar refractivity (Wildman–Crippen MR) is 79.1 cm³/mol. The number of anilines is 2. The van der Waals surface area contributed by atoms with Gasteiger partial charge in [-0.3, -0.25) is 4.79 Å². The molecule has 21 heavy (non-hydrogen) atoms. The van der Waals surface area contributed by atoms with Crippen LogP contribution in [0.15, 0.2) is 42.5 Å². The summed E-state index contributed by atoms with van der Waals surface area (Å²) < 4.78 is 26.8. The lowest BCUT2D eigenvalue weighted by Gasteiger charge is -2.17. The van der Waals surface area contributed by atoms with Gasteiger partial charge in [-0.05, 0) is 42.8 Å². The average molecular weight is 290 g/mol. The van der Waals surface area contributed by atoms with Crippen molar-refractivity contribution in [2.45, 2.75) is 19.9 Å². The van der Waals surface area contributed by atoms with Crippen LogP contribution in [0.3, 0.4) is 0 Å². The minimum absolute atomic E-state index is 0.104. The Balaban J connectivity index is 2.18. The van der Waals surface area contributed by atoms with Crippen molar-refractivity contribution in [2.75, 3.05) is 10.6 Å². The second-order valence-electron chi connectivity index (χ2n) is 4.80. The zero-order valence-electron chi connectivity index (χ0n) is 11.8. The number of nitrogens with one attached hydrogen (secondary N) is 2. The van der Waals surface area contributed by atoms with E-state index in [1.807, 2.05) is 13.0 Å². The standard InChI is InChI=1S/C16H16F2N2O/c1-10(19-16-9-13(17)6-7-15(16)18)12-4-3-5-14(8-12)20-11(2)21/h3-10,19H,1-2H3,(H,20,21). The maximum absolute atomic E-state index is 13.6. The first-order chi connectivity index (χ1) is 9.95. The lowest BCUT2D eigenvalue weighted by Crippen LogP contribution is -2.10. The summed E-state index contributed by atoms with van der Waals surface area (Å²) in [6.07, 6.45) is 0. The number of carbonyl (C=O) groups is 1. The summed E-state index contributed by atoms with van der Waals surface area (Å²) >= 11 is 0. The molecule has 0 aliphatic carbocycles. The van der Waals surface area contributed by atoms with Gasteiger partial charge in [0.2, 0.25) is 5.91 Å². The molecule has 0 saturated carbocycles. The van der Waals surface area contributed by atoms with Crippen molar-refractivity contribution < 1.29 is 13.6 Å². The second-order valence-corrected chi connectivity index (χ2v) is 4.80. The molecule has 3 nitrogen and oxygen atoms in total. The van der Waals surface area contributed by atoms with E-state index in [4.69, 9.17) is 0 Å². The van der Waals surface area contributed by atoms with Crippen molar-refractivity contribution >= 4 is 17.3 Å². The van der Waals surface area contributed by atoms with Gasteiger partial charge < -0.3 is 10.6 Å². The van der Waals surface area contributed by atoms with E-state index >= 15 is 0 Å². The molecule has 1 unspecified atom stereocenters. The van der Waals surface area contributed by atoms with Crippen LogP contribution in [0, 0.1) is 11.6 Å². The van der Waals surface area contributed by atoms with Crippen LogP contribution < -0.4 is 10.6 Å². The monoisotopic (exact) mass is 290 g/mol. The molecular weight excluding hydrogens is 274 g/mol. The van der Waals surface area contributed by atoms with Crippen molar-refractivity contribution in [2.24, 2.45) is 0 Å². The van der Waals surface area contributed by atoms with Gasteiger partial charge in [-0.1, -0.05) is 12.1 Å². The van der Waals surface area contributed by atoms with Gasteiger partial charge in [0.25, 0.3) is 0 Å². The molecule has 5 heteroatoms. The summed E-state index contributed by atoms with van der Waals surface area (Å²) in [5, 5.41) is 5.60. The third-order valence-electron chi connectivity index (χ3n) is 3.01. The van der Waals surface area contributed by atoms with E-state index in [9.17, 15) is 13.6 Å². The van der Waals surface area contributed by atoms with Crippen LogP contribution in [0.5, 0.6) is 0 Å². The molecular formula is C16H16F2N2O. The van der Waals surface area contributed by atoms with Crippen LogP contribution in [-0.4, -0.2) is 5.91 Å². The Morgan fingerprint density at radius 2 is 1.90 bits per heavy atom. The number of carbonyl (C=O) groups excluding carboxylic acids is 1. The van der Waals surface area contributed by atoms with Crippen molar-refractivity contribution in [3.63, 3.8) is 0 Å². The van der Waals surface area contributed by atoms with E-state index in [0.717, 1.165) is 23.8 Å². The van der Waals surface area contributed by atoms with Crippen LogP contribution in [0.4, 0.5) is 20.2 Å². The van der Waals surface area contributed by atoms with Crippen LogP contribution in [0.25, 0.3) is 0 Å². The van der Waals surface area contributed by atoms with Crippen molar-refractivity contribution in [1.29, 1.82) is 0 Å². The molecule has 0 fully saturated rings. The fraction of sp³-hybridized carbons (Fsp3) is 0.188. The SMILES string of the molecule is CC(=O)Nc1cccc(C(C)Nc2cc(F)ccc2F)c1. The summed E-state index contributed by atoms with van der Waals surface area (Å²) in [6, 6.07) is 10.2. The van der Waals surface area contributed by atoms with Gasteiger partial charge in [-0.15, -0.1) is 0 Å². The average Bonchev–Trinajstić information content (AvgIpc) is 2.42. The van der Waals surface area contributed by atoms with E-state index in [1.165, 1.54) is 6.92 Å². The van der Waals surface area contributed by atoms with Crippen molar-refractivity contribution in [1.82, 2.24) is 0 Å². The van der Waals surface area contributed by atoms with E-state index < -0.39 is 11.6 Å². The molecule has 2 aromatic carbocycles. The molecule has 0 saturated heterocycles. The Hall–Kier alpha value is -2.43. The molecule has 2 aromatic rings. The van der Waals surface area contributed by atoms with Gasteiger partial charge >= 0.3 is 0 Å². The molecule has 0 aromatic heterocycles. The Morgan fingerprint density at radius 1 is 1.14 bits per heavy atom. The van der Waals surface area contributed by atoms with Crippen LogP contribution in [0.1, 0.15) is 25.5 Å². The number of benzene rings is 2. The van der Waals surface area contributed by atoms with Crippen LogP contribution in [0.2, 0.25) is 0 Å². The second kappa shape index (κ2) is 6.35. The van der Waals surface area contributed by atoms with Gasteiger partial charge in [-0.2, -0.15) is 0 Å². The molecule has 1 amide bonds. The minimum Gasteiger partial charge on any atom is -0.376 e. The molecule has 0 aliphatic rings. The van der Waals surface area contributed by atoms with Gasteiger partial charge in [0.15, 0.2) is 0 Å². The highest BCUT2D eigenvalue weighted by molar-refractivity contribution is 5.88. The molecule has 0 heterocycles. The van der Waals surface area contributed by atoms with Gasteiger partial charge in [-0.25, -0.2) is 8.78 Å². The summed E-state index contributed by atoms with van der Waals surface area (Å²) in [4.78, 5) is 11.0. The molecule has 2 rings (SSSR count). The predicted octanol–water partition coefficient (Wildman–Crippen LogP) is 4.10. The summed E-state index contributed by atoms with van der Waals surface area (Å²) in [5.41, 5.74) is 1.62. The maximum Gasteiger partial charge on any atom is 0.221 e. The quantitative estimate of drug-likeness (QED) is 0.890. The van der Waals surface area contributed by atoms with Crippen LogP contribution >= 0.6 is 0 Å². The first kappa shape index (κ1) is 15.0. The number of hydrogen-bond donors (Lipinski definition) is 2. The third-order valence-corrected chi connectivity index (χ3v) is 3.01. The van der Waals surface area contributed by atoms with Gasteiger partial charge in [0, 0.05) is 18.7 Å². The third kappa shape index (κ3) is 4.02. The number of rotatable bonds is 4. The fourth-order valence-electron chi connectivity index (χ4n) is 2.01. The number of amides is 1. The molecule has 0 radical (unpaired) electrons. The Labute approximate surface area is 122 Å². The van der Waals surface area contributed by atoms with Gasteiger partial charge in [0.1, 0.15) is 11.6 Å². The molecule has 0 spiro atoms. The summed E-state index contributed by atoms with van der Waals surface area (Å²) in [7, 11) is 0. The zero-order chi connectivity index (χ0) is 15.4. The molecule has 0 aliphatic heterocycles. The normalized spacial score (nSPS) is 11.8. The number of halogens is 2. The molecule has 0 bridgehead atoms. The largest absolute Gasteiger partial charge is 0.376 e. The summed E-state index contributed by atoms with van der Waals surface area (Å²) in [5.74, 6) is -1.18. The highest BCUT2D eigenvalue weighted by Crippen LogP contribution is 2.24. The van der Waals surface area contributed by atoms with E-state index in [2.05, 4.69) is 10.6 Å². The minimum atomic E-state index is -0.513. The maximum atomic E-state index is 13.6. The Morgan fingerprint density at radius 3 is 2.62 bits per heavy atom. The number of hydrogen-bond acceptors (Lipinski definition) is 2. The Bertz CT molecular complexity index is 658. The fourth-order valence-corrected chi connectivity index (χ4v) is 2.01. The molecule has 110 valence electrons. The topological polar surface area (TPSA) is 41.1 Å². The lowest BCUT2D eigenvalue weighted by molar-refractivity contribution is -0.114. The van der Waals surface area contributed by atoms with Crippen LogP contribution in [-0.2, 0) is 4.79 Å². The van der Waals surface area contributed by atoms with E-state index in [-0.39, 0.29) is 17.6 Å². The molecule has 1 atom stereocenters. The Kier molecular flexibility index (Phi) is 4.52. The highest BCUT2D eigenvalue weighted by atomic mass is 19.1. The first-order valence-corrected chi connectivity index (χ1v) is 6.55. The first-order valence-electron chi connectivity index (χ1n) is 6.55. The van der Waals surface area contributed by atoms with E-state index in [1.54, 1.807) is 18.2 Å². The van der Waals surface area contributed by atoms with E-state index in [0.29, 0.717) is 5.69 Å². The smallest absolute Gasteiger partial charge is 0.221 e. The van der Waals surface area contributed by atoms with Crippen molar-refractivity contribution in [3.05, 3.63) is 59.7 Å². The summed E-state index contributed by atoms with van der Waals surface area (Å²) in [6.45, 7) is 3.26. The van der Waals surface area contributed by atoms with Gasteiger partial charge in [0.05, 0.1) is 5.69 Å². The van der Waals surface area contributed by atoms with Crippen molar-refractivity contribution in [3.8, 4) is 0 Å².